The molecule has 2 rings (SSSR count). The Balaban J connectivity index is 1.74. The first-order valence-electron chi connectivity index (χ1n) is 7.49. The summed E-state index contributed by atoms with van der Waals surface area (Å²) >= 11 is 0. The summed E-state index contributed by atoms with van der Waals surface area (Å²) in [6.07, 6.45) is 13.4. The zero-order valence-electron chi connectivity index (χ0n) is 10.8. The van der Waals surface area contributed by atoms with Gasteiger partial charge in [-0.25, -0.2) is 0 Å². The van der Waals surface area contributed by atoms with E-state index in [1.165, 1.54) is 64.2 Å². The van der Waals surface area contributed by atoms with Crippen molar-refractivity contribution in [1.29, 1.82) is 0 Å². The molecule has 0 heterocycles. The molecule has 0 radical (unpaired) electrons. The van der Waals surface area contributed by atoms with Gasteiger partial charge >= 0.3 is 0 Å². The van der Waals surface area contributed by atoms with Gasteiger partial charge in [0.05, 0.1) is 6.10 Å². The van der Waals surface area contributed by atoms with Crippen molar-refractivity contribution in [1.82, 2.24) is 0 Å². The second-order valence-corrected chi connectivity index (χ2v) is 6.10. The third kappa shape index (κ3) is 3.00. The average molecular weight is 224 g/mol. The van der Waals surface area contributed by atoms with E-state index in [2.05, 4.69) is 6.92 Å². The predicted molar refractivity (Wildman–Crippen MR) is 68.3 cm³/mol. The van der Waals surface area contributed by atoms with Crippen LogP contribution in [-0.2, 0) is 0 Å². The minimum atomic E-state index is 0.0325. The van der Waals surface area contributed by atoms with Gasteiger partial charge in [-0.15, -0.1) is 0 Å². The van der Waals surface area contributed by atoms with E-state index in [1.807, 2.05) is 0 Å². The van der Waals surface area contributed by atoms with Gasteiger partial charge in [-0.05, 0) is 43.4 Å². The zero-order valence-corrected chi connectivity index (χ0v) is 10.8. The van der Waals surface area contributed by atoms with Crippen LogP contribution >= 0.6 is 0 Å². The van der Waals surface area contributed by atoms with Crippen LogP contribution in [0.4, 0.5) is 0 Å². The van der Waals surface area contributed by atoms with E-state index in [-0.39, 0.29) is 6.10 Å². The maximum absolute atomic E-state index is 10.4. The molecule has 2 aliphatic carbocycles. The number of aliphatic hydroxyl groups is 1. The number of rotatable bonds is 4. The summed E-state index contributed by atoms with van der Waals surface area (Å²) in [5.74, 6) is 2.25. The molecule has 1 unspecified atom stereocenters. The molecule has 2 saturated carbocycles. The van der Waals surface area contributed by atoms with E-state index < -0.39 is 0 Å². The van der Waals surface area contributed by atoms with Gasteiger partial charge in [-0.3, -0.25) is 0 Å². The fourth-order valence-electron chi connectivity index (χ4n) is 3.91. The van der Waals surface area contributed by atoms with Crippen molar-refractivity contribution in [2.75, 3.05) is 0 Å². The predicted octanol–water partition coefficient (Wildman–Crippen LogP) is 4.14. The molecule has 0 aliphatic heterocycles. The fourth-order valence-corrected chi connectivity index (χ4v) is 3.91. The van der Waals surface area contributed by atoms with Crippen LogP contribution in [0.3, 0.4) is 0 Å². The minimum absolute atomic E-state index is 0.0325. The summed E-state index contributed by atoms with van der Waals surface area (Å²) in [6, 6.07) is 0. The van der Waals surface area contributed by atoms with Crippen molar-refractivity contribution >= 4 is 0 Å². The van der Waals surface area contributed by atoms with Gasteiger partial charge in [-0.1, -0.05) is 45.4 Å². The van der Waals surface area contributed by atoms with Gasteiger partial charge in [0, 0.05) is 0 Å². The highest BCUT2D eigenvalue weighted by Gasteiger charge is 2.32. The molecule has 2 aliphatic rings. The Morgan fingerprint density at radius 2 is 1.50 bits per heavy atom. The third-order valence-corrected chi connectivity index (χ3v) is 4.95. The van der Waals surface area contributed by atoms with Gasteiger partial charge in [0.1, 0.15) is 0 Å². The third-order valence-electron chi connectivity index (χ3n) is 4.95. The van der Waals surface area contributed by atoms with Crippen LogP contribution in [0.5, 0.6) is 0 Å². The van der Waals surface area contributed by atoms with Crippen molar-refractivity contribution in [3.8, 4) is 0 Å². The first kappa shape index (κ1) is 12.4. The van der Waals surface area contributed by atoms with Crippen LogP contribution in [0, 0.1) is 17.8 Å². The number of aliphatic hydroxyl groups excluding tert-OH is 1. The zero-order chi connectivity index (χ0) is 11.4. The maximum atomic E-state index is 10.4. The Labute approximate surface area is 101 Å². The SMILES string of the molecule is CCCC1CCC(C(O)C2CCCC2)CC1. The topological polar surface area (TPSA) is 20.2 Å². The standard InChI is InChI=1S/C15H28O/c1-2-5-12-8-10-14(11-9-12)15(16)13-6-3-4-7-13/h12-16H,2-11H2,1H3. The lowest BCUT2D eigenvalue weighted by Crippen LogP contribution is -2.31. The van der Waals surface area contributed by atoms with Crippen LogP contribution < -0.4 is 0 Å². The molecule has 0 spiro atoms. The summed E-state index contributed by atoms with van der Waals surface area (Å²) in [4.78, 5) is 0. The van der Waals surface area contributed by atoms with Gasteiger partial charge in [0.25, 0.3) is 0 Å². The summed E-state index contributed by atoms with van der Waals surface area (Å²) in [6.45, 7) is 2.29. The normalized spacial score (nSPS) is 34.1. The molecule has 1 nitrogen and oxygen atoms in total. The molecular formula is C15H28O. The van der Waals surface area contributed by atoms with Crippen molar-refractivity contribution in [3.63, 3.8) is 0 Å². The van der Waals surface area contributed by atoms with Crippen molar-refractivity contribution in [2.45, 2.75) is 77.2 Å². The first-order valence-corrected chi connectivity index (χ1v) is 7.49. The lowest BCUT2D eigenvalue weighted by Gasteiger charge is -2.34. The second kappa shape index (κ2) is 6.05. The number of hydrogen-bond donors (Lipinski definition) is 1. The van der Waals surface area contributed by atoms with E-state index >= 15 is 0 Å². The molecule has 2 fully saturated rings. The fraction of sp³-hybridized carbons (Fsp3) is 1.00. The van der Waals surface area contributed by atoms with Crippen LogP contribution in [-0.4, -0.2) is 11.2 Å². The van der Waals surface area contributed by atoms with Crippen molar-refractivity contribution in [3.05, 3.63) is 0 Å². The Bertz CT molecular complexity index is 188. The Morgan fingerprint density at radius 1 is 0.938 bits per heavy atom. The molecule has 1 atom stereocenters. The molecule has 0 bridgehead atoms. The Hall–Kier alpha value is -0.0400. The Kier molecular flexibility index (Phi) is 4.69. The molecule has 0 saturated heterocycles. The average Bonchev–Trinajstić information content (AvgIpc) is 2.83. The molecular weight excluding hydrogens is 196 g/mol. The number of hydrogen-bond acceptors (Lipinski definition) is 1. The highest BCUT2D eigenvalue weighted by Crippen LogP contribution is 2.38. The molecule has 94 valence electrons. The van der Waals surface area contributed by atoms with Crippen molar-refractivity contribution in [2.24, 2.45) is 17.8 Å². The highest BCUT2D eigenvalue weighted by atomic mass is 16.3. The summed E-state index contributed by atoms with van der Waals surface area (Å²) < 4.78 is 0. The van der Waals surface area contributed by atoms with Crippen molar-refractivity contribution < 1.29 is 5.11 Å². The van der Waals surface area contributed by atoms with Crippen LogP contribution in [0.25, 0.3) is 0 Å². The molecule has 0 aromatic heterocycles. The van der Waals surface area contributed by atoms with E-state index in [0.29, 0.717) is 11.8 Å². The summed E-state index contributed by atoms with van der Waals surface area (Å²) in [5, 5.41) is 10.4. The lowest BCUT2D eigenvalue weighted by atomic mass is 9.75. The van der Waals surface area contributed by atoms with E-state index in [0.717, 1.165) is 5.92 Å². The van der Waals surface area contributed by atoms with E-state index in [9.17, 15) is 5.11 Å². The second-order valence-electron chi connectivity index (χ2n) is 6.10. The molecule has 1 heteroatoms. The van der Waals surface area contributed by atoms with Crippen LogP contribution in [0.2, 0.25) is 0 Å². The maximum Gasteiger partial charge on any atom is 0.0596 e. The first-order chi connectivity index (χ1) is 7.81. The summed E-state index contributed by atoms with van der Waals surface area (Å²) in [7, 11) is 0. The van der Waals surface area contributed by atoms with Crippen LogP contribution in [0.1, 0.15) is 71.1 Å². The van der Waals surface area contributed by atoms with Gasteiger partial charge in [0.2, 0.25) is 0 Å². The van der Waals surface area contributed by atoms with Gasteiger partial charge < -0.3 is 5.11 Å². The molecule has 16 heavy (non-hydrogen) atoms. The smallest absolute Gasteiger partial charge is 0.0596 e. The molecule has 0 amide bonds. The summed E-state index contributed by atoms with van der Waals surface area (Å²) in [5.41, 5.74) is 0. The molecule has 1 N–H and O–H groups in total. The van der Waals surface area contributed by atoms with Crippen LogP contribution in [0.15, 0.2) is 0 Å². The molecule has 0 aromatic rings. The highest BCUT2D eigenvalue weighted by molar-refractivity contribution is 4.83. The van der Waals surface area contributed by atoms with Gasteiger partial charge in [-0.2, -0.15) is 0 Å². The Morgan fingerprint density at radius 3 is 2.06 bits per heavy atom. The van der Waals surface area contributed by atoms with Gasteiger partial charge in [0.15, 0.2) is 0 Å². The minimum Gasteiger partial charge on any atom is -0.393 e. The monoisotopic (exact) mass is 224 g/mol. The molecule has 0 aromatic carbocycles. The van der Waals surface area contributed by atoms with E-state index in [1.54, 1.807) is 0 Å². The lowest BCUT2D eigenvalue weighted by molar-refractivity contribution is 0.0274. The van der Waals surface area contributed by atoms with E-state index in [4.69, 9.17) is 0 Å². The largest absolute Gasteiger partial charge is 0.393 e. The quantitative estimate of drug-likeness (QED) is 0.760.